The fourth-order valence-corrected chi connectivity index (χ4v) is 3.34. The van der Waals surface area contributed by atoms with Crippen molar-refractivity contribution in [3.05, 3.63) is 71.2 Å². The van der Waals surface area contributed by atoms with Gasteiger partial charge in [-0.3, -0.25) is 0 Å². The SMILES string of the molecule is CC(C)(C)c1csc(-c2ccc(CNNc3ccccc3)cc2)n1. The second-order valence-corrected chi connectivity index (χ2v) is 7.69. The number of aromatic nitrogens is 1. The molecular formula is C20H23N3S. The summed E-state index contributed by atoms with van der Waals surface area (Å²) in [5.74, 6) is 0. The fraction of sp³-hybridized carbons (Fsp3) is 0.250. The van der Waals surface area contributed by atoms with Crippen LogP contribution in [0.5, 0.6) is 0 Å². The van der Waals surface area contributed by atoms with Gasteiger partial charge in [-0.05, 0) is 17.7 Å². The first-order chi connectivity index (χ1) is 11.5. The lowest BCUT2D eigenvalue weighted by Crippen LogP contribution is -2.20. The fourth-order valence-electron chi connectivity index (χ4n) is 2.29. The maximum absolute atomic E-state index is 4.77. The molecule has 0 saturated carbocycles. The summed E-state index contributed by atoms with van der Waals surface area (Å²) in [5.41, 5.74) is 11.2. The molecule has 3 rings (SSSR count). The van der Waals surface area contributed by atoms with E-state index in [2.05, 4.69) is 61.3 Å². The van der Waals surface area contributed by atoms with Crippen LogP contribution >= 0.6 is 11.3 Å². The van der Waals surface area contributed by atoms with Gasteiger partial charge in [-0.15, -0.1) is 11.3 Å². The molecule has 0 radical (unpaired) electrons. The molecule has 0 atom stereocenters. The topological polar surface area (TPSA) is 37.0 Å². The third-order valence-electron chi connectivity index (χ3n) is 3.77. The maximum atomic E-state index is 4.77. The maximum Gasteiger partial charge on any atom is 0.123 e. The Kier molecular flexibility index (Phi) is 4.97. The lowest BCUT2D eigenvalue weighted by atomic mass is 9.93. The van der Waals surface area contributed by atoms with E-state index in [1.54, 1.807) is 11.3 Å². The minimum absolute atomic E-state index is 0.0989. The number of anilines is 1. The second kappa shape index (κ2) is 7.16. The first kappa shape index (κ1) is 16.7. The highest BCUT2D eigenvalue weighted by Gasteiger charge is 2.17. The Morgan fingerprint density at radius 2 is 1.67 bits per heavy atom. The zero-order valence-corrected chi connectivity index (χ0v) is 15.2. The second-order valence-electron chi connectivity index (χ2n) is 6.83. The van der Waals surface area contributed by atoms with E-state index in [1.165, 1.54) is 11.1 Å². The normalized spacial score (nSPS) is 11.5. The Hall–Kier alpha value is -2.17. The number of benzene rings is 2. The highest BCUT2D eigenvalue weighted by molar-refractivity contribution is 7.13. The number of rotatable bonds is 5. The van der Waals surface area contributed by atoms with E-state index in [1.807, 2.05) is 30.3 Å². The molecule has 0 fully saturated rings. The molecule has 4 heteroatoms. The molecule has 1 aromatic heterocycles. The van der Waals surface area contributed by atoms with Crippen LogP contribution in [-0.2, 0) is 12.0 Å². The van der Waals surface area contributed by atoms with Crippen LogP contribution in [0.1, 0.15) is 32.0 Å². The summed E-state index contributed by atoms with van der Waals surface area (Å²) in [6.07, 6.45) is 0. The Labute approximate surface area is 147 Å². The smallest absolute Gasteiger partial charge is 0.123 e. The van der Waals surface area contributed by atoms with Crippen LogP contribution in [0.4, 0.5) is 5.69 Å². The van der Waals surface area contributed by atoms with Gasteiger partial charge in [-0.2, -0.15) is 0 Å². The molecule has 0 saturated heterocycles. The van der Waals surface area contributed by atoms with Crippen LogP contribution in [-0.4, -0.2) is 4.98 Å². The van der Waals surface area contributed by atoms with E-state index < -0.39 is 0 Å². The van der Waals surface area contributed by atoms with Crippen molar-refractivity contribution >= 4 is 17.0 Å². The van der Waals surface area contributed by atoms with Crippen LogP contribution in [0.15, 0.2) is 60.0 Å². The van der Waals surface area contributed by atoms with Gasteiger partial charge in [0.05, 0.1) is 5.69 Å². The highest BCUT2D eigenvalue weighted by atomic mass is 32.1. The van der Waals surface area contributed by atoms with Crippen LogP contribution in [0.25, 0.3) is 10.6 Å². The molecule has 1 heterocycles. The minimum atomic E-state index is 0.0989. The first-order valence-electron chi connectivity index (χ1n) is 8.11. The number of hydrazine groups is 1. The van der Waals surface area contributed by atoms with Crippen molar-refractivity contribution in [2.75, 3.05) is 5.43 Å². The largest absolute Gasteiger partial charge is 0.321 e. The third-order valence-corrected chi connectivity index (χ3v) is 4.66. The predicted octanol–water partition coefficient (Wildman–Crippen LogP) is 5.22. The average Bonchev–Trinajstić information content (AvgIpc) is 3.07. The zero-order valence-electron chi connectivity index (χ0n) is 14.3. The summed E-state index contributed by atoms with van der Waals surface area (Å²) in [7, 11) is 0. The molecule has 3 aromatic rings. The van der Waals surface area contributed by atoms with Gasteiger partial charge in [0.1, 0.15) is 5.01 Å². The Morgan fingerprint density at radius 1 is 0.958 bits per heavy atom. The molecule has 0 aliphatic rings. The van der Waals surface area contributed by atoms with E-state index in [-0.39, 0.29) is 5.41 Å². The van der Waals surface area contributed by atoms with E-state index in [0.717, 1.165) is 22.9 Å². The van der Waals surface area contributed by atoms with Gasteiger partial charge in [0.15, 0.2) is 0 Å². The summed E-state index contributed by atoms with van der Waals surface area (Å²) in [6, 6.07) is 18.7. The Bertz CT molecular complexity index is 771. The Morgan fingerprint density at radius 3 is 2.29 bits per heavy atom. The molecule has 2 aromatic carbocycles. The zero-order chi connectivity index (χ0) is 17.0. The molecule has 0 unspecified atom stereocenters. The van der Waals surface area contributed by atoms with Gasteiger partial charge in [0.25, 0.3) is 0 Å². The summed E-state index contributed by atoms with van der Waals surface area (Å²) in [4.78, 5) is 4.77. The Balaban J connectivity index is 1.60. The highest BCUT2D eigenvalue weighted by Crippen LogP contribution is 2.29. The van der Waals surface area contributed by atoms with Crippen LogP contribution in [0, 0.1) is 0 Å². The summed E-state index contributed by atoms with van der Waals surface area (Å²) < 4.78 is 0. The molecule has 0 amide bonds. The lowest BCUT2D eigenvalue weighted by molar-refractivity contribution is 0.573. The molecule has 3 nitrogen and oxygen atoms in total. The molecule has 24 heavy (non-hydrogen) atoms. The standard InChI is InChI=1S/C20H23N3S/c1-20(2,3)18-14-24-19(22-18)16-11-9-15(10-12-16)13-21-23-17-7-5-4-6-8-17/h4-12,14,21,23H,13H2,1-3H3. The van der Waals surface area contributed by atoms with Crippen molar-refractivity contribution < 1.29 is 0 Å². The molecular weight excluding hydrogens is 314 g/mol. The molecule has 0 aliphatic carbocycles. The van der Waals surface area contributed by atoms with E-state index in [4.69, 9.17) is 4.98 Å². The number of thiazole rings is 1. The molecule has 2 N–H and O–H groups in total. The lowest BCUT2D eigenvalue weighted by Gasteiger charge is -2.14. The molecule has 124 valence electrons. The van der Waals surface area contributed by atoms with Crippen molar-refractivity contribution in [1.29, 1.82) is 0 Å². The first-order valence-corrected chi connectivity index (χ1v) is 8.99. The number of para-hydroxylation sites is 1. The number of hydrogen-bond donors (Lipinski definition) is 2. The minimum Gasteiger partial charge on any atom is -0.321 e. The van der Waals surface area contributed by atoms with Crippen molar-refractivity contribution in [3.8, 4) is 10.6 Å². The van der Waals surface area contributed by atoms with Crippen molar-refractivity contribution in [2.45, 2.75) is 32.7 Å². The van der Waals surface area contributed by atoms with E-state index >= 15 is 0 Å². The molecule has 0 aliphatic heterocycles. The van der Waals surface area contributed by atoms with Gasteiger partial charge in [0, 0.05) is 28.6 Å². The third kappa shape index (κ3) is 4.22. The van der Waals surface area contributed by atoms with E-state index in [9.17, 15) is 0 Å². The average molecular weight is 337 g/mol. The quantitative estimate of drug-likeness (QED) is 0.626. The van der Waals surface area contributed by atoms with Crippen molar-refractivity contribution in [1.82, 2.24) is 10.4 Å². The summed E-state index contributed by atoms with van der Waals surface area (Å²) in [5, 5.41) is 3.25. The number of hydrogen-bond acceptors (Lipinski definition) is 4. The summed E-state index contributed by atoms with van der Waals surface area (Å²) >= 11 is 1.71. The predicted molar refractivity (Wildman–Crippen MR) is 103 cm³/mol. The van der Waals surface area contributed by atoms with Crippen LogP contribution < -0.4 is 10.9 Å². The van der Waals surface area contributed by atoms with Gasteiger partial charge in [-0.1, -0.05) is 63.2 Å². The van der Waals surface area contributed by atoms with Gasteiger partial charge < -0.3 is 5.43 Å². The van der Waals surface area contributed by atoms with Crippen LogP contribution in [0.3, 0.4) is 0 Å². The monoisotopic (exact) mass is 337 g/mol. The molecule has 0 spiro atoms. The summed E-state index contributed by atoms with van der Waals surface area (Å²) in [6.45, 7) is 7.35. The van der Waals surface area contributed by atoms with Crippen molar-refractivity contribution in [2.24, 2.45) is 0 Å². The number of nitrogens with zero attached hydrogens (tertiary/aromatic N) is 1. The number of nitrogens with one attached hydrogen (secondary N) is 2. The van der Waals surface area contributed by atoms with Gasteiger partial charge in [-0.25, -0.2) is 10.4 Å². The molecule has 0 bridgehead atoms. The van der Waals surface area contributed by atoms with Crippen LogP contribution in [0.2, 0.25) is 0 Å². The van der Waals surface area contributed by atoms with Crippen molar-refractivity contribution in [3.63, 3.8) is 0 Å². The van der Waals surface area contributed by atoms with Gasteiger partial charge >= 0.3 is 0 Å². The van der Waals surface area contributed by atoms with E-state index in [0.29, 0.717) is 0 Å². The van der Waals surface area contributed by atoms with Gasteiger partial charge in [0.2, 0.25) is 0 Å².